The zero-order valence-corrected chi connectivity index (χ0v) is 30.9. The maximum atomic E-state index is 2.54. The van der Waals surface area contributed by atoms with Gasteiger partial charge in [0.05, 0.1) is 5.69 Å². The van der Waals surface area contributed by atoms with E-state index in [4.69, 9.17) is 0 Å². The van der Waals surface area contributed by atoms with Crippen LogP contribution in [0.2, 0.25) is 0 Å². The van der Waals surface area contributed by atoms with Gasteiger partial charge in [-0.1, -0.05) is 178 Å². The lowest BCUT2D eigenvalue weighted by Crippen LogP contribution is -2.23. The summed E-state index contributed by atoms with van der Waals surface area (Å²) in [5, 5.41) is 0. The van der Waals surface area contributed by atoms with Crippen molar-refractivity contribution in [3.05, 3.63) is 211 Å². The Kier molecular flexibility index (Phi) is 8.77. The molecule has 0 unspecified atom stereocenters. The van der Waals surface area contributed by atoms with Crippen LogP contribution >= 0.6 is 0 Å². The van der Waals surface area contributed by atoms with Crippen LogP contribution in [0.1, 0.15) is 37.8 Å². The molecule has 0 aliphatic heterocycles. The monoisotopic (exact) mass is 693 g/mol. The number of hydrogen-bond acceptors (Lipinski definition) is 1. The molecule has 8 aromatic rings. The first-order valence-corrected chi connectivity index (χ1v) is 19.2. The molecule has 1 aliphatic rings. The first kappa shape index (κ1) is 33.4. The molecule has 0 amide bonds. The van der Waals surface area contributed by atoms with Crippen LogP contribution in [0, 0.1) is 0 Å². The summed E-state index contributed by atoms with van der Waals surface area (Å²) in [6.07, 6.45) is 2.03. The molecule has 1 nitrogen and oxygen atoms in total. The topological polar surface area (TPSA) is 3.24 Å². The predicted molar refractivity (Wildman–Crippen MR) is 230 cm³/mol. The van der Waals surface area contributed by atoms with Gasteiger partial charge in [0.25, 0.3) is 0 Å². The Hall–Kier alpha value is -6.44. The number of anilines is 3. The van der Waals surface area contributed by atoms with Crippen molar-refractivity contribution >= 4 is 17.1 Å². The number of rotatable bonds is 9. The van der Waals surface area contributed by atoms with Crippen molar-refractivity contribution < 1.29 is 0 Å². The van der Waals surface area contributed by atoms with Gasteiger partial charge in [-0.15, -0.1) is 0 Å². The van der Waals surface area contributed by atoms with E-state index in [1.807, 2.05) is 0 Å². The second-order valence-corrected chi connectivity index (χ2v) is 14.3. The number of hydrogen-bond donors (Lipinski definition) is 0. The van der Waals surface area contributed by atoms with Gasteiger partial charge < -0.3 is 4.90 Å². The van der Waals surface area contributed by atoms with E-state index in [1.165, 1.54) is 72.4 Å². The van der Waals surface area contributed by atoms with E-state index in [0.29, 0.717) is 0 Å². The fourth-order valence-electron chi connectivity index (χ4n) is 8.78. The zero-order valence-electron chi connectivity index (χ0n) is 30.9. The fourth-order valence-corrected chi connectivity index (χ4v) is 8.78. The second kappa shape index (κ2) is 14.2. The van der Waals surface area contributed by atoms with Crippen molar-refractivity contribution in [2.75, 3.05) is 4.90 Å². The van der Waals surface area contributed by atoms with Crippen LogP contribution in [-0.4, -0.2) is 0 Å². The van der Waals surface area contributed by atoms with Crippen LogP contribution < -0.4 is 4.90 Å². The van der Waals surface area contributed by atoms with E-state index in [0.717, 1.165) is 24.2 Å². The molecule has 260 valence electrons. The Labute approximate surface area is 319 Å². The van der Waals surface area contributed by atoms with E-state index in [2.05, 4.69) is 219 Å². The lowest BCUT2D eigenvalue weighted by atomic mass is 9.73. The van der Waals surface area contributed by atoms with E-state index >= 15 is 0 Å². The minimum Gasteiger partial charge on any atom is -0.310 e. The molecule has 0 bridgehead atoms. The standard InChI is InChI=1S/C53H43N/c1-3-53(4-2)49-27-17-26-46(42-22-13-7-14-23-42)52(49)48-36-47(43-24-15-8-16-25-43)51(37-50(48)53)54(44-32-28-40(29-33-44)38-18-9-5-10-19-38)45-34-30-41(31-35-45)39-20-11-6-12-21-39/h5-37H,3-4H2,1-2H3. The summed E-state index contributed by atoms with van der Waals surface area (Å²) in [7, 11) is 0. The summed E-state index contributed by atoms with van der Waals surface area (Å²) in [5.41, 5.74) is 18.7. The molecule has 1 aliphatic carbocycles. The normalized spacial score (nSPS) is 12.6. The van der Waals surface area contributed by atoms with Gasteiger partial charge in [0.2, 0.25) is 0 Å². The summed E-state index contributed by atoms with van der Waals surface area (Å²) in [6.45, 7) is 4.73. The van der Waals surface area contributed by atoms with Gasteiger partial charge in [-0.25, -0.2) is 0 Å². The van der Waals surface area contributed by atoms with Crippen LogP contribution in [0.3, 0.4) is 0 Å². The molecule has 0 saturated carbocycles. The Balaban J connectivity index is 1.30. The highest BCUT2D eigenvalue weighted by atomic mass is 15.1. The van der Waals surface area contributed by atoms with Crippen LogP contribution in [0.5, 0.6) is 0 Å². The molecule has 0 N–H and O–H groups in total. The van der Waals surface area contributed by atoms with E-state index in [1.54, 1.807) is 0 Å². The van der Waals surface area contributed by atoms with Crippen LogP contribution in [0.25, 0.3) is 55.6 Å². The summed E-state index contributed by atoms with van der Waals surface area (Å²) >= 11 is 0. The predicted octanol–water partition coefficient (Wildman–Crippen LogP) is 14.9. The third-order valence-electron chi connectivity index (χ3n) is 11.6. The number of fused-ring (bicyclic) bond motifs is 3. The summed E-state index contributed by atoms with van der Waals surface area (Å²) in [4.78, 5) is 2.48. The van der Waals surface area contributed by atoms with Gasteiger partial charge in [-0.3, -0.25) is 0 Å². The van der Waals surface area contributed by atoms with Gasteiger partial charge in [-0.05, 0) is 110 Å². The van der Waals surface area contributed by atoms with Gasteiger partial charge in [0.1, 0.15) is 0 Å². The molecule has 0 heterocycles. The quantitative estimate of drug-likeness (QED) is 0.145. The smallest absolute Gasteiger partial charge is 0.0543 e. The summed E-state index contributed by atoms with van der Waals surface area (Å²) in [6, 6.07) is 73.3. The Morgan fingerprint density at radius 1 is 0.352 bits per heavy atom. The first-order chi connectivity index (χ1) is 26.7. The van der Waals surface area contributed by atoms with Crippen molar-refractivity contribution in [2.24, 2.45) is 0 Å². The molecule has 8 aromatic carbocycles. The van der Waals surface area contributed by atoms with Crippen molar-refractivity contribution in [1.82, 2.24) is 0 Å². The zero-order chi connectivity index (χ0) is 36.5. The fraction of sp³-hybridized carbons (Fsp3) is 0.0943. The molecule has 9 rings (SSSR count). The van der Waals surface area contributed by atoms with Crippen LogP contribution in [0.15, 0.2) is 200 Å². The highest BCUT2D eigenvalue weighted by Gasteiger charge is 2.42. The van der Waals surface area contributed by atoms with E-state index in [-0.39, 0.29) is 5.41 Å². The lowest BCUT2D eigenvalue weighted by molar-refractivity contribution is 0.490. The molecule has 0 saturated heterocycles. The van der Waals surface area contributed by atoms with E-state index < -0.39 is 0 Å². The molecular weight excluding hydrogens is 651 g/mol. The third kappa shape index (κ3) is 5.74. The van der Waals surface area contributed by atoms with Crippen LogP contribution in [0.4, 0.5) is 17.1 Å². The third-order valence-corrected chi connectivity index (χ3v) is 11.6. The Morgan fingerprint density at radius 3 is 1.24 bits per heavy atom. The maximum absolute atomic E-state index is 2.54. The molecular formula is C53H43N. The van der Waals surface area contributed by atoms with Crippen molar-refractivity contribution in [1.29, 1.82) is 0 Å². The maximum Gasteiger partial charge on any atom is 0.0543 e. The molecule has 0 radical (unpaired) electrons. The Bertz CT molecular complexity index is 2430. The largest absolute Gasteiger partial charge is 0.310 e. The van der Waals surface area contributed by atoms with Crippen molar-refractivity contribution in [2.45, 2.75) is 32.1 Å². The van der Waals surface area contributed by atoms with Crippen molar-refractivity contribution in [3.63, 3.8) is 0 Å². The number of nitrogens with zero attached hydrogens (tertiary/aromatic N) is 1. The van der Waals surface area contributed by atoms with Gasteiger partial charge in [0.15, 0.2) is 0 Å². The SMILES string of the molecule is CCC1(CC)c2cc(N(c3ccc(-c4ccccc4)cc3)c3ccc(-c4ccccc4)cc3)c(-c3ccccc3)cc2-c2c(-c3ccccc3)cccc21. The van der Waals surface area contributed by atoms with Gasteiger partial charge in [0, 0.05) is 22.4 Å². The van der Waals surface area contributed by atoms with Crippen LogP contribution in [-0.2, 0) is 5.41 Å². The average Bonchev–Trinajstić information content (AvgIpc) is 3.54. The molecule has 0 fully saturated rings. The second-order valence-electron chi connectivity index (χ2n) is 14.3. The average molecular weight is 694 g/mol. The summed E-state index contributed by atoms with van der Waals surface area (Å²) in [5.74, 6) is 0. The first-order valence-electron chi connectivity index (χ1n) is 19.2. The molecule has 0 atom stereocenters. The van der Waals surface area contributed by atoms with Gasteiger partial charge in [-0.2, -0.15) is 0 Å². The summed E-state index contributed by atoms with van der Waals surface area (Å²) < 4.78 is 0. The minimum atomic E-state index is -0.112. The van der Waals surface area contributed by atoms with Gasteiger partial charge >= 0.3 is 0 Å². The van der Waals surface area contributed by atoms with Crippen molar-refractivity contribution in [3.8, 4) is 55.6 Å². The lowest BCUT2D eigenvalue weighted by Gasteiger charge is -2.33. The Morgan fingerprint density at radius 2 is 0.778 bits per heavy atom. The molecule has 54 heavy (non-hydrogen) atoms. The molecule has 0 aromatic heterocycles. The molecule has 0 spiro atoms. The molecule has 1 heteroatoms. The number of benzene rings is 8. The highest BCUT2D eigenvalue weighted by molar-refractivity contribution is 5.99. The van der Waals surface area contributed by atoms with E-state index in [9.17, 15) is 0 Å². The highest BCUT2D eigenvalue weighted by Crippen LogP contribution is 2.58. The minimum absolute atomic E-state index is 0.112.